The SMILES string of the molecule is O=S(=O)(Cc1ccc(CO)cc1)NCCC(F)(F)F. The lowest BCUT2D eigenvalue weighted by atomic mass is 10.2. The summed E-state index contributed by atoms with van der Waals surface area (Å²) in [6.45, 7) is -0.822. The van der Waals surface area contributed by atoms with Gasteiger partial charge in [-0.3, -0.25) is 0 Å². The lowest BCUT2D eigenvalue weighted by Crippen LogP contribution is -2.29. The zero-order valence-corrected chi connectivity index (χ0v) is 10.8. The van der Waals surface area contributed by atoms with E-state index in [1.54, 1.807) is 12.1 Å². The largest absolute Gasteiger partial charge is 0.392 e. The predicted octanol–water partition coefficient (Wildman–Crippen LogP) is 1.55. The molecule has 0 spiro atoms. The first kappa shape index (κ1) is 15.9. The van der Waals surface area contributed by atoms with Crippen LogP contribution in [0.25, 0.3) is 0 Å². The van der Waals surface area contributed by atoms with Crippen LogP contribution in [0.15, 0.2) is 24.3 Å². The fraction of sp³-hybridized carbons (Fsp3) is 0.455. The maximum atomic E-state index is 11.9. The van der Waals surface area contributed by atoms with Gasteiger partial charge in [0.1, 0.15) is 0 Å². The molecule has 0 amide bonds. The minimum atomic E-state index is -4.38. The number of halogens is 3. The zero-order chi connectivity index (χ0) is 14.5. The van der Waals surface area contributed by atoms with E-state index < -0.39 is 34.9 Å². The van der Waals surface area contributed by atoms with Crippen LogP contribution in [-0.2, 0) is 22.4 Å². The van der Waals surface area contributed by atoms with Crippen LogP contribution in [0, 0.1) is 0 Å². The minimum absolute atomic E-state index is 0.156. The van der Waals surface area contributed by atoms with Crippen molar-refractivity contribution in [3.8, 4) is 0 Å². The molecule has 0 atom stereocenters. The van der Waals surface area contributed by atoms with Crippen molar-refractivity contribution in [2.75, 3.05) is 6.54 Å². The molecule has 0 aliphatic rings. The molecule has 8 heteroatoms. The van der Waals surface area contributed by atoms with Crippen LogP contribution in [0.5, 0.6) is 0 Å². The molecule has 0 heterocycles. The van der Waals surface area contributed by atoms with Gasteiger partial charge in [-0.2, -0.15) is 13.2 Å². The summed E-state index contributed by atoms with van der Waals surface area (Å²) in [6, 6.07) is 6.13. The van der Waals surface area contributed by atoms with Crippen LogP contribution in [0.1, 0.15) is 17.5 Å². The Hall–Kier alpha value is -1.12. The molecule has 0 saturated carbocycles. The molecule has 0 aliphatic heterocycles. The molecule has 108 valence electrons. The van der Waals surface area contributed by atoms with Crippen molar-refractivity contribution in [3.05, 3.63) is 35.4 Å². The molecule has 0 aliphatic carbocycles. The summed E-state index contributed by atoms with van der Waals surface area (Å²) in [5.74, 6) is -0.392. The number of aliphatic hydroxyl groups excluding tert-OH is 1. The van der Waals surface area contributed by atoms with E-state index in [4.69, 9.17) is 5.11 Å². The molecule has 0 aromatic heterocycles. The van der Waals surface area contributed by atoms with Crippen molar-refractivity contribution in [1.29, 1.82) is 0 Å². The molecule has 0 bridgehead atoms. The van der Waals surface area contributed by atoms with E-state index in [2.05, 4.69) is 0 Å². The average molecular weight is 297 g/mol. The Morgan fingerprint density at radius 1 is 1.11 bits per heavy atom. The molecule has 0 radical (unpaired) electrons. The van der Waals surface area contributed by atoms with Crippen LogP contribution < -0.4 is 4.72 Å². The van der Waals surface area contributed by atoms with Crippen molar-refractivity contribution < 1.29 is 26.7 Å². The molecule has 1 rings (SSSR count). The molecular weight excluding hydrogens is 283 g/mol. The standard InChI is InChI=1S/C11H14F3NO3S/c12-11(13,14)5-6-15-19(17,18)8-10-3-1-9(7-16)2-4-10/h1-4,15-16H,5-8H2. The number of aliphatic hydroxyl groups is 1. The number of sulfonamides is 1. The second kappa shape index (κ2) is 6.36. The number of hydrogen-bond donors (Lipinski definition) is 2. The predicted molar refractivity (Wildman–Crippen MR) is 63.7 cm³/mol. The lowest BCUT2D eigenvalue weighted by molar-refractivity contribution is -0.132. The van der Waals surface area contributed by atoms with E-state index in [0.29, 0.717) is 11.1 Å². The van der Waals surface area contributed by atoms with Gasteiger partial charge in [-0.05, 0) is 11.1 Å². The van der Waals surface area contributed by atoms with E-state index in [9.17, 15) is 21.6 Å². The summed E-state index contributed by atoms with van der Waals surface area (Å²) in [4.78, 5) is 0. The monoisotopic (exact) mass is 297 g/mol. The maximum absolute atomic E-state index is 11.9. The third-order valence-electron chi connectivity index (χ3n) is 2.29. The number of benzene rings is 1. The van der Waals surface area contributed by atoms with Crippen molar-refractivity contribution in [2.24, 2.45) is 0 Å². The van der Waals surface area contributed by atoms with Gasteiger partial charge in [0.25, 0.3) is 0 Å². The van der Waals surface area contributed by atoms with Gasteiger partial charge < -0.3 is 5.11 Å². The summed E-state index contributed by atoms with van der Waals surface area (Å²) in [5, 5.41) is 8.82. The highest BCUT2D eigenvalue weighted by Crippen LogP contribution is 2.18. The van der Waals surface area contributed by atoms with Gasteiger partial charge in [-0.15, -0.1) is 0 Å². The summed E-state index contributed by atoms with van der Waals surface area (Å²) in [7, 11) is -3.79. The summed E-state index contributed by atoms with van der Waals surface area (Å²) >= 11 is 0. The number of hydrogen-bond acceptors (Lipinski definition) is 3. The van der Waals surface area contributed by atoms with Crippen LogP contribution in [0.2, 0.25) is 0 Å². The summed E-state index contributed by atoms with van der Waals surface area (Å²) < 4.78 is 60.6. The van der Waals surface area contributed by atoms with Gasteiger partial charge >= 0.3 is 6.18 Å². The van der Waals surface area contributed by atoms with Gasteiger partial charge in [0.05, 0.1) is 18.8 Å². The Bertz CT molecular complexity index is 497. The molecule has 19 heavy (non-hydrogen) atoms. The van der Waals surface area contributed by atoms with E-state index in [1.807, 2.05) is 4.72 Å². The summed E-state index contributed by atoms with van der Waals surface area (Å²) in [6.07, 6.45) is -5.58. The average Bonchev–Trinajstić information content (AvgIpc) is 2.27. The number of rotatable bonds is 6. The maximum Gasteiger partial charge on any atom is 0.390 e. The van der Waals surface area contributed by atoms with Gasteiger partial charge in [0.15, 0.2) is 0 Å². The molecule has 1 aromatic carbocycles. The molecule has 4 nitrogen and oxygen atoms in total. The minimum Gasteiger partial charge on any atom is -0.392 e. The Morgan fingerprint density at radius 2 is 1.63 bits per heavy atom. The van der Waals surface area contributed by atoms with E-state index in [-0.39, 0.29) is 6.61 Å². The van der Waals surface area contributed by atoms with Gasteiger partial charge in [0.2, 0.25) is 10.0 Å². The van der Waals surface area contributed by atoms with Crippen molar-refractivity contribution in [3.63, 3.8) is 0 Å². The van der Waals surface area contributed by atoms with Crippen molar-refractivity contribution in [1.82, 2.24) is 4.72 Å². The van der Waals surface area contributed by atoms with Crippen molar-refractivity contribution in [2.45, 2.75) is 25.0 Å². The van der Waals surface area contributed by atoms with Gasteiger partial charge in [-0.1, -0.05) is 24.3 Å². The quantitative estimate of drug-likeness (QED) is 0.837. The first-order chi connectivity index (χ1) is 8.72. The second-order valence-electron chi connectivity index (χ2n) is 3.99. The van der Waals surface area contributed by atoms with Crippen LogP contribution in [0.4, 0.5) is 13.2 Å². The highest BCUT2D eigenvalue weighted by molar-refractivity contribution is 7.88. The third kappa shape index (κ3) is 6.55. The third-order valence-corrected chi connectivity index (χ3v) is 3.65. The van der Waals surface area contributed by atoms with E-state index >= 15 is 0 Å². The highest BCUT2D eigenvalue weighted by atomic mass is 32.2. The molecule has 0 unspecified atom stereocenters. The van der Waals surface area contributed by atoms with Gasteiger partial charge in [-0.25, -0.2) is 13.1 Å². The van der Waals surface area contributed by atoms with E-state index in [0.717, 1.165) is 0 Å². The number of alkyl halides is 3. The first-order valence-electron chi connectivity index (χ1n) is 5.44. The second-order valence-corrected chi connectivity index (χ2v) is 5.80. The van der Waals surface area contributed by atoms with Gasteiger partial charge in [0, 0.05) is 6.54 Å². The number of nitrogens with one attached hydrogen (secondary N) is 1. The Morgan fingerprint density at radius 3 is 2.11 bits per heavy atom. The van der Waals surface area contributed by atoms with E-state index in [1.165, 1.54) is 12.1 Å². The fourth-order valence-electron chi connectivity index (χ4n) is 1.36. The lowest BCUT2D eigenvalue weighted by Gasteiger charge is -2.09. The molecule has 0 saturated heterocycles. The Kier molecular flexibility index (Phi) is 5.33. The van der Waals surface area contributed by atoms with Crippen LogP contribution in [0.3, 0.4) is 0 Å². The normalized spacial score (nSPS) is 12.6. The molecule has 0 fully saturated rings. The fourth-order valence-corrected chi connectivity index (χ4v) is 2.51. The smallest absolute Gasteiger partial charge is 0.390 e. The topological polar surface area (TPSA) is 66.4 Å². The van der Waals surface area contributed by atoms with Crippen LogP contribution in [-0.4, -0.2) is 26.2 Å². The zero-order valence-electron chi connectivity index (χ0n) is 9.94. The molecule has 1 aromatic rings. The molecular formula is C11H14F3NO3S. The Labute approximate surface area is 109 Å². The van der Waals surface area contributed by atoms with Crippen molar-refractivity contribution >= 4 is 10.0 Å². The van der Waals surface area contributed by atoms with Crippen LogP contribution >= 0.6 is 0 Å². The molecule has 2 N–H and O–H groups in total. The first-order valence-corrected chi connectivity index (χ1v) is 7.10. The Balaban J connectivity index is 2.54. The highest BCUT2D eigenvalue weighted by Gasteiger charge is 2.27. The summed E-state index contributed by atoms with van der Waals surface area (Å²) in [5.41, 5.74) is 1.07.